The number of carbonyl (C=O) groups is 1. The van der Waals surface area contributed by atoms with Crippen LogP contribution in [0, 0.1) is 0 Å². The Kier molecular flexibility index (Phi) is 4.63. The maximum Gasteiger partial charge on any atom is 0.279 e. The van der Waals surface area contributed by atoms with Crippen LogP contribution in [-0.4, -0.2) is 35.4 Å². The Hall–Kier alpha value is -2.44. The van der Waals surface area contributed by atoms with Crippen molar-refractivity contribution in [1.82, 2.24) is 15.2 Å². The SMILES string of the molecule is O=C1CCN(Cc2ccc(Oc3nc4ccccc4s3)cc2)CCN1. The van der Waals surface area contributed by atoms with Gasteiger partial charge < -0.3 is 10.1 Å². The molecule has 1 aliphatic heterocycles. The molecule has 1 N–H and O–H groups in total. The summed E-state index contributed by atoms with van der Waals surface area (Å²) in [5.74, 6) is 0.928. The van der Waals surface area contributed by atoms with E-state index in [0.717, 1.165) is 42.1 Å². The van der Waals surface area contributed by atoms with E-state index in [1.165, 1.54) is 5.56 Å². The Bertz CT molecular complexity index is 843. The Labute approximate surface area is 150 Å². The van der Waals surface area contributed by atoms with E-state index in [-0.39, 0.29) is 5.91 Å². The van der Waals surface area contributed by atoms with Crippen molar-refractivity contribution in [3.63, 3.8) is 0 Å². The molecular formula is C19H19N3O2S. The maximum absolute atomic E-state index is 11.4. The first kappa shape index (κ1) is 16.1. The summed E-state index contributed by atoms with van der Waals surface area (Å²) in [6, 6.07) is 16.1. The quantitative estimate of drug-likeness (QED) is 0.781. The molecule has 3 aromatic rings. The van der Waals surface area contributed by atoms with Crippen LogP contribution in [0.3, 0.4) is 0 Å². The van der Waals surface area contributed by atoms with Crippen LogP contribution in [0.25, 0.3) is 10.2 Å². The molecule has 0 unspecified atom stereocenters. The molecule has 0 bridgehead atoms. The highest BCUT2D eigenvalue weighted by molar-refractivity contribution is 7.20. The van der Waals surface area contributed by atoms with E-state index in [0.29, 0.717) is 11.6 Å². The minimum Gasteiger partial charge on any atom is -0.431 e. The molecule has 0 radical (unpaired) electrons. The molecule has 25 heavy (non-hydrogen) atoms. The van der Waals surface area contributed by atoms with Crippen LogP contribution in [0.4, 0.5) is 0 Å². The summed E-state index contributed by atoms with van der Waals surface area (Å²) in [6.07, 6.45) is 0.568. The Morgan fingerprint density at radius 1 is 1.12 bits per heavy atom. The second-order valence-electron chi connectivity index (χ2n) is 6.07. The Morgan fingerprint density at radius 2 is 1.96 bits per heavy atom. The molecule has 0 aliphatic carbocycles. The molecule has 0 saturated carbocycles. The molecule has 128 valence electrons. The number of fused-ring (bicyclic) bond motifs is 1. The van der Waals surface area contributed by atoms with Crippen LogP contribution < -0.4 is 10.1 Å². The number of hydrogen-bond acceptors (Lipinski definition) is 5. The van der Waals surface area contributed by atoms with Crippen molar-refractivity contribution in [1.29, 1.82) is 0 Å². The number of benzene rings is 2. The minimum atomic E-state index is 0.141. The number of hydrogen-bond donors (Lipinski definition) is 1. The lowest BCUT2D eigenvalue weighted by molar-refractivity contribution is -0.120. The summed E-state index contributed by atoms with van der Waals surface area (Å²) in [4.78, 5) is 18.2. The largest absolute Gasteiger partial charge is 0.431 e. The van der Waals surface area contributed by atoms with Crippen LogP contribution >= 0.6 is 11.3 Å². The fourth-order valence-corrected chi connectivity index (χ4v) is 3.72. The molecule has 2 heterocycles. The van der Waals surface area contributed by atoms with Gasteiger partial charge in [0.05, 0.1) is 10.2 Å². The van der Waals surface area contributed by atoms with Gasteiger partial charge in [-0.1, -0.05) is 35.6 Å². The van der Waals surface area contributed by atoms with Gasteiger partial charge in [-0.3, -0.25) is 9.69 Å². The molecular weight excluding hydrogens is 334 g/mol. The number of ether oxygens (including phenoxy) is 1. The summed E-state index contributed by atoms with van der Waals surface area (Å²) in [5.41, 5.74) is 2.18. The summed E-state index contributed by atoms with van der Waals surface area (Å²) >= 11 is 1.55. The lowest BCUT2D eigenvalue weighted by Gasteiger charge is -2.19. The number of amides is 1. The number of aromatic nitrogens is 1. The lowest BCUT2D eigenvalue weighted by Crippen LogP contribution is -2.28. The van der Waals surface area contributed by atoms with Crippen molar-refractivity contribution in [2.75, 3.05) is 19.6 Å². The first-order chi connectivity index (χ1) is 12.3. The molecule has 1 aliphatic rings. The highest BCUT2D eigenvalue weighted by Gasteiger charge is 2.13. The predicted molar refractivity (Wildman–Crippen MR) is 99.0 cm³/mol. The third kappa shape index (κ3) is 3.97. The fraction of sp³-hybridized carbons (Fsp3) is 0.263. The number of para-hydroxylation sites is 1. The Balaban J connectivity index is 1.40. The van der Waals surface area contributed by atoms with Crippen LogP contribution in [0.2, 0.25) is 0 Å². The molecule has 0 spiro atoms. The number of carbonyl (C=O) groups excluding carboxylic acids is 1. The van der Waals surface area contributed by atoms with Crippen molar-refractivity contribution in [2.24, 2.45) is 0 Å². The molecule has 0 atom stereocenters. The monoisotopic (exact) mass is 353 g/mol. The highest BCUT2D eigenvalue weighted by atomic mass is 32.1. The average molecular weight is 353 g/mol. The van der Waals surface area contributed by atoms with Gasteiger partial charge in [-0.2, -0.15) is 0 Å². The van der Waals surface area contributed by atoms with Crippen molar-refractivity contribution in [2.45, 2.75) is 13.0 Å². The van der Waals surface area contributed by atoms with Gasteiger partial charge >= 0.3 is 0 Å². The van der Waals surface area contributed by atoms with Gasteiger partial charge in [0, 0.05) is 32.6 Å². The van der Waals surface area contributed by atoms with Gasteiger partial charge in [0.2, 0.25) is 5.91 Å². The van der Waals surface area contributed by atoms with Crippen LogP contribution in [0.5, 0.6) is 10.9 Å². The number of nitrogens with one attached hydrogen (secondary N) is 1. The van der Waals surface area contributed by atoms with Crippen molar-refractivity contribution < 1.29 is 9.53 Å². The van der Waals surface area contributed by atoms with E-state index >= 15 is 0 Å². The highest BCUT2D eigenvalue weighted by Crippen LogP contribution is 2.31. The van der Waals surface area contributed by atoms with Crippen LogP contribution in [-0.2, 0) is 11.3 Å². The van der Waals surface area contributed by atoms with Gasteiger partial charge in [0.15, 0.2) is 0 Å². The van der Waals surface area contributed by atoms with Crippen molar-refractivity contribution in [3.8, 4) is 10.9 Å². The smallest absolute Gasteiger partial charge is 0.279 e. The Morgan fingerprint density at radius 3 is 2.80 bits per heavy atom. The van der Waals surface area contributed by atoms with Crippen molar-refractivity contribution >= 4 is 27.5 Å². The van der Waals surface area contributed by atoms with Gasteiger partial charge in [-0.15, -0.1) is 0 Å². The van der Waals surface area contributed by atoms with Gasteiger partial charge in [-0.05, 0) is 29.8 Å². The molecule has 1 saturated heterocycles. The van der Waals surface area contributed by atoms with E-state index < -0.39 is 0 Å². The number of nitrogens with zero attached hydrogens (tertiary/aromatic N) is 2. The molecule has 1 aromatic heterocycles. The minimum absolute atomic E-state index is 0.141. The lowest BCUT2D eigenvalue weighted by atomic mass is 10.2. The molecule has 4 rings (SSSR count). The second-order valence-corrected chi connectivity index (χ2v) is 7.06. The van der Waals surface area contributed by atoms with Gasteiger partial charge in [0.25, 0.3) is 5.19 Å². The zero-order chi connectivity index (χ0) is 17.1. The summed E-state index contributed by atoms with van der Waals surface area (Å²) in [5, 5.41) is 3.56. The topological polar surface area (TPSA) is 54.5 Å². The fourth-order valence-electron chi connectivity index (χ4n) is 2.89. The van der Waals surface area contributed by atoms with E-state index in [1.54, 1.807) is 11.3 Å². The normalized spacial score (nSPS) is 15.8. The molecule has 1 fully saturated rings. The summed E-state index contributed by atoms with van der Waals surface area (Å²) < 4.78 is 7.01. The van der Waals surface area contributed by atoms with E-state index in [4.69, 9.17) is 4.74 Å². The third-order valence-corrected chi connectivity index (χ3v) is 5.13. The standard InChI is InChI=1S/C19H19N3O2S/c23-18-9-11-22(12-10-20-18)13-14-5-7-15(8-6-14)24-19-21-16-3-1-2-4-17(16)25-19/h1-8H,9-13H2,(H,20,23). The van der Waals surface area contributed by atoms with Crippen molar-refractivity contribution in [3.05, 3.63) is 54.1 Å². The molecule has 1 amide bonds. The zero-order valence-corrected chi connectivity index (χ0v) is 14.6. The first-order valence-electron chi connectivity index (χ1n) is 8.38. The van der Waals surface area contributed by atoms with Gasteiger partial charge in [-0.25, -0.2) is 4.98 Å². The van der Waals surface area contributed by atoms with Crippen LogP contribution in [0.15, 0.2) is 48.5 Å². The molecule has 2 aromatic carbocycles. The second kappa shape index (κ2) is 7.21. The average Bonchev–Trinajstić information content (AvgIpc) is 2.92. The van der Waals surface area contributed by atoms with Gasteiger partial charge in [0.1, 0.15) is 5.75 Å². The predicted octanol–water partition coefficient (Wildman–Crippen LogP) is 3.41. The van der Waals surface area contributed by atoms with Crippen LogP contribution in [0.1, 0.15) is 12.0 Å². The summed E-state index contributed by atoms with van der Waals surface area (Å²) in [6.45, 7) is 3.25. The number of rotatable bonds is 4. The molecule has 5 nitrogen and oxygen atoms in total. The van der Waals surface area contributed by atoms with E-state index in [9.17, 15) is 4.79 Å². The number of thiazole rings is 1. The maximum atomic E-state index is 11.4. The molecule has 6 heteroatoms. The van der Waals surface area contributed by atoms with E-state index in [2.05, 4.69) is 27.3 Å². The third-order valence-electron chi connectivity index (χ3n) is 4.21. The zero-order valence-electron chi connectivity index (χ0n) is 13.8. The summed E-state index contributed by atoms with van der Waals surface area (Å²) in [7, 11) is 0. The van der Waals surface area contributed by atoms with E-state index in [1.807, 2.05) is 36.4 Å². The first-order valence-corrected chi connectivity index (χ1v) is 9.19.